The number of imidazole rings is 1. The van der Waals surface area contributed by atoms with E-state index >= 15 is 0 Å². The highest BCUT2D eigenvalue weighted by atomic mass is 16.4. The molecular weight excluding hydrogens is 206 g/mol. The third-order valence-electron chi connectivity index (χ3n) is 2.46. The number of carboxylic acid groups (broad SMARTS) is 1. The summed E-state index contributed by atoms with van der Waals surface area (Å²) in [6.07, 6.45) is 0. The average molecular weight is 219 g/mol. The van der Waals surface area contributed by atoms with Gasteiger partial charge in [0.25, 0.3) is 0 Å². The van der Waals surface area contributed by atoms with Crippen LogP contribution in [0.2, 0.25) is 0 Å². The fourth-order valence-electron chi connectivity index (χ4n) is 1.79. The zero-order valence-corrected chi connectivity index (χ0v) is 9.43. The van der Waals surface area contributed by atoms with Crippen molar-refractivity contribution in [3.05, 3.63) is 29.6 Å². The first-order valence-corrected chi connectivity index (χ1v) is 4.91. The number of aromatic carboxylic acids is 1. The molecule has 2 aromatic rings. The fourth-order valence-corrected chi connectivity index (χ4v) is 1.79. The number of aryl methyl sites for hydroxylation is 1. The smallest absolute Gasteiger partial charge is 0.354 e. The highest BCUT2D eigenvalue weighted by Gasteiger charge is 2.17. The average Bonchev–Trinajstić information content (AvgIpc) is 2.52. The van der Waals surface area contributed by atoms with Gasteiger partial charge >= 0.3 is 5.97 Å². The summed E-state index contributed by atoms with van der Waals surface area (Å²) in [5.74, 6) is -0.158. The maximum absolute atomic E-state index is 11.2. The largest absolute Gasteiger partial charge is 0.477 e. The number of anilines is 1. The van der Waals surface area contributed by atoms with Crippen molar-refractivity contribution in [3.8, 4) is 0 Å². The van der Waals surface area contributed by atoms with E-state index in [1.807, 2.05) is 31.1 Å². The van der Waals surface area contributed by atoms with Crippen molar-refractivity contribution >= 4 is 17.4 Å². The third-order valence-corrected chi connectivity index (χ3v) is 2.46. The summed E-state index contributed by atoms with van der Waals surface area (Å²) >= 11 is 0. The fraction of sp³-hybridized carbons (Fsp3) is 0.273. The molecular formula is C11H13N3O2. The van der Waals surface area contributed by atoms with Gasteiger partial charge in [-0.05, 0) is 19.1 Å². The van der Waals surface area contributed by atoms with Crippen LogP contribution >= 0.6 is 0 Å². The molecule has 0 aliphatic heterocycles. The Morgan fingerprint density at radius 2 is 2.12 bits per heavy atom. The van der Waals surface area contributed by atoms with E-state index in [4.69, 9.17) is 0 Å². The molecule has 16 heavy (non-hydrogen) atoms. The molecule has 0 spiro atoms. The van der Waals surface area contributed by atoms with Gasteiger partial charge in [-0.2, -0.15) is 0 Å². The molecule has 0 bridgehead atoms. The number of nitrogens with zero attached hydrogens (tertiary/aromatic N) is 3. The Kier molecular flexibility index (Phi) is 2.30. The van der Waals surface area contributed by atoms with Crippen LogP contribution < -0.4 is 4.90 Å². The van der Waals surface area contributed by atoms with Crippen LogP contribution in [0.15, 0.2) is 18.2 Å². The summed E-state index contributed by atoms with van der Waals surface area (Å²) in [5.41, 5.74) is 1.40. The second kappa shape index (κ2) is 3.52. The Morgan fingerprint density at radius 3 is 2.69 bits per heavy atom. The third kappa shape index (κ3) is 1.41. The van der Waals surface area contributed by atoms with Gasteiger partial charge in [0.05, 0.1) is 5.69 Å². The van der Waals surface area contributed by atoms with Gasteiger partial charge in [-0.25, -0.2) is 9.78 Å². The van der Waals surface area contributed by atoms with E-state index < -0.39 is 5.97 Å². The number of carbonyl (C=O) groups is 1. The van der Waals surface area contributed by atoms with Crippen LogP contribution in [0.25, 0.3) is 5.65 Å². The topological polar surface area (TPSA) is 57.8 Å². The number of hydrogen-bond acceptors (Lipinski definition) is 3. The Hall–Kier alpha value is -2.04. The van der Waals surface area contributed by atoms with Crippen LogP contribution in [0, 0.1) is 6.92 Å². The minimum atomic E-state index is -0.959. The van der Waals surface area contributed by atoms with Crippen molar-refractivity contribution in [3.63, 3.8) is 0 Å². The van der Waals surface area contributed by atoms with E-state index in [0.717, 1.165) is 5.82 Å². The van der Waals surface area contributed by atoms with E-state index in [0.29, 0.717) is 11.3 Å². The van der Waals surface area contributed by atoms with Gasteiger partial charge in [0.2, 0.25) is 0 Å². The lowest BCUT2D eigenvalue weighted by molar-refractivity contribution is 0.0688. The first-order valence-electron chi connectivity index (χ1n) is 4.91. The molecule has 0 radical (unpaired) electrons. The van der Waals surface area contributed by atoms with E-state index in [9.17, 15) is 9.90 Å². The summed E-state index contributed by atoms with van der Waals surface area (Å²) < 4.78 is 1.65. The van der Waals surface area contributed by atoms with Gasteiger partial charge in [0.15, 0.2) is 5.69 Å². The SMILES string of the molecule is Cc1nc2cccc(N(C)C)n2c1C(=O)O. The normalized spacial score (nSPS) is 10.7. The number of pyridine rings is 1. The predicted octanol–water partition coefficient (Wildman–Crippen LogP) is 1.41. The molecule has 0 unspecified atom stereocenters. The highest BCUT2D eigenvalue weighted by molar-refractivity contribution is 5.89. The van der Waals surface area contributed by atoms with Crippen LogP contribution in [0.4, 0.5) is 5.82 Å². The van der Waals surface area contributed by atoms with E-state index in [1.54, 1.807) is 17.4 Å². The number of aromatic nitrogens is 2. The lowest BCUT2D eigenvalue weighted by atomic mass is 10.3. The molecule has 0 aliphatic carbocycles. The summed E-state index contributed by atoms with van der Waals surface area (Å²) in [5, 5.41) is 9.18. The number of rotatable bonds is 2. The van der Waals surface area contributed by atoms with Crippen LogP contribution in [0.1, 0.15) is 16.2 Å². The lowest BCUT2D eigenvalue weighted by Gasteiger charge is -2.15. The first-order chi connectivity index (χ1) is 7.52. The molecule has 0 saturated carbocycles. The lowest BCUT2D eigenvalue weighted by Crippen LogP contribution is -2.15. The van der Waals surface area contributed by atoms with E-state index in [1.165, 1.54) is 0 Å². The van der Waals surface area contributed by atoms with Gasteiger partial charge in [0.1, 0.15) is 11.5 Å². The second-order valence-corrected chi connectivity index (χ2v) is 3.82. The summed E-state index contributed by atoms with van der Waals surface area (Å²) in [6.45, 7) is 1.70. The standard InChI is InChI=1S/C11H13N3O2/c1-7-10(11(15)16)14-8(12-7)5-4-6-9(14)13(2)3/h4-6H,1-3H3,(H,15,16). The summed E-state index contributed by atoms with van der Waals surface area (Å²) in [6, 6.07) is 5.52. The molecule has 2 rings (SSSR count). The molecule has 1 N–H and O–H groups in total. The van der Waals surface area contributed by atoms with Gasteiger partial charge < -0.3 is 10.0 Å². The van der Waals surface area contributed by atoms with Crippen molar-refractivity contribution in [2.45, 2.75) is 6.92 Å². The number of hydrogen-bond donors (Lipinski definition) is 1. The number of fused-ring (bicyclic) bond motifs is 1. The van der Waals surface area contributed by atoms with E-state index in [2.05, 4.69) is 4.98 Å². The molecule has 0 amide bonds. The predicted molar refractivity (Wildman–Crippen MR) is 61.2 cm³/mol. The van der Waals surface area contributed by atoms with Crippen LogP contribution in [0.5, 0.6) is 0 Å². The van der Waals surface area contributed by atoms with Gasteiger partial charge in [0, 0.05) is 14.1 Å². The molecule has 0 aromatic carbocycles. The van der Waals surface area contributed by atoms with Gasteiger partial charge in [-0.1, -0.05) is 6.07 Å². The Morgan fingerprint density at radius 1 is 1.44 bits per heavy atom. The monoisotopic (exact) mass is 219 g/mol. The van der Waals surface area contributed by atoms with Crippen LogP contribution in [0.3, 0.4) is 0 Å². The van der Waals surface area contributed by atoms with Crippen LogP contribution in [-0.2, 0) is 0 Å². The van der Waals surface area contributed by atoms with Gasteiger partial charge in [-0.3, -0.25) is 4.40 Å². The van der Waals surface area contributed by atoms with Crippen molar-refractivity contribution in [2.75, 3.05) is 19.0 Å². The maximum Gasteiger partial charge on any atom is 0.354 e. The zero-order valence-electron chi connectivity index (χ0n) is 9.43. The van der Waals surface area contributed by atoms with E-state index in [-0.39, 0.29) is 5.69 Å². The molecule has 0 saturated heterocycles. The molecule has 5 heteroatoms. The van der Waals surface area contributed by atoms with Crippen molar-refractivity contribution in [1.82, 2.24) is 9.38 Å². The molecule has 2 aromatic heterocycles. The van der Waals surface area contributed by atoms with Crippen molar-refractivity contribution < 1.29 is 9.90 Å². The summed E-state index contributed by atoms with van der Waals surface area (Å²) in [7, 11) is 3.74. The second-order valence-electron chi connectivity index (χ2n) is 3.82. The zero-order chi connectivity index (χ0) is 11.9. The molecule has 0 fully saturated rings. The summed E-state index contributed by atoms with van der Waals surface area (Å²) in [4.78, 5) is 17.3. The van der Waals surface area contributed by atoms with Crippen molar-refractivity contribution in [1.29, 1.82) is 0 Å². The molecule has 0 aliphatic rings. The number of carboxylic acids is 1. The van der Waals surface area contributed by atoms with Crippen molar-refractivity contribution in [2.24, 2.45) is 0 Å². The molecule has 0 atom stereocenters. The highest BCUT2D eigenvalue weighted by Crippen LogP contribution is 2.20. The molecule has 5 nitrogen and oxygen atoms in total. The maximum atomic E-state index is 11.2. The minimum absolute atomic E-state index is 0.222. The Labute approximate surface area is 92.9 Å². The molecule has 84 valence electrons. The van der Waals surface area contributed by atoms with Gasteiger partial charge in [-0.15, -0.1) is 0 Å². The first kappa shape index (κ1) is 10.5. The quantitative estimate of drug-likeness (QED) is 0.829. The van der Waals surface area contributed by atoms with Crippen LogP contribution in [-0.4, -0.2) is 34.6 Å². The Bertz CT molecular complexity index is 558. The minimum Gasteiger partial charge on any atom is -0.477 e. The molecule has 2 heterocycles. The Balaban J connectivity index is 2.88.